The predicted molar refractivity (Wildman–Crippen MR) is 67.1 cm³/mol. The Morgan fingerprint density at radius 2 is 1.75 bits per heavy atom. The number of rotatable bonds is 3. The highest BCUT2D eigenvalue weighted by atomic mass is 16.3. The van der Waals surface area contributed by atoms with Crippen molar-refractivity contribution in [3.8, 4) is 0 Å². The lowest BCUT2D eigenvalue weighted by Crippen LogP contribution is -2.03. The molecule has 0 spiro atoms. The van der Waals surface area contributed by atoms with E-state index in [-0.39, 0.29) is 0 Å². The molecule has 1 N–H and O–H groups in total. The van der Waals surface area contributed by atoms with Crippen LogP contribution in [0.15, 0.2) is 42.5 Å². The normalized spacial score (nSPS) is 20.1. The summed E-state index contributed by atoms with van der Waals surface area (Å²) in [6, 6.07) is 9.84. The molecular weight excluding hydrogens is 196 g/mol. The zero-order chi connectivity index (χ0) is 11.2. The molecule has 0 saturated heterocycles. The van der Waals surface area contributed by atoms with E-state index in [1.54, 1.807) is 0 Å². The van der Waals surface area contributed by atoms with Crippen molar-refractivity contribution in [2.45, 2.75) is 38.2 Å². The summed E-state index contributed by atoms with van der Waals surface area (Å²) in [5.41, 5.74) is 0.981. The summed E-state index contributed by atoms with van der Waals surface area (Å²) in [5.74, 6) is 0.687. The number of aliphatic hydroxyl groups excluding tert-OH is 1. The van der Waals surface area contributed by atoms with Gasteiger partial charge in [-0.05, 0) is 24.3 Å². The summed E-state index contributed by atoms with van der Waals surface area (Å²) >= 11 is 0. The second kappa shape index (κ2) is 5.86. The number of hydrogen-bond donors (Lipinski definition) is 1. The van der Waals surface area contributed by atoms with Gasteiger partial charge in [-0.2, -0.15) is 0 Å². The smallest absolute Gasteiger partial charge is 0.0971 e. The van der Waals surface area contributed by atoms with Crippen LogP contribution in [0.4, 0.5) is 0 Å². The van der Waals surface area contributed by atoms with Gasteiger partial charge in [0.25, 0.3) is 0 Å². The summed E-state index contributed by atoms with van der Waals surface area (Å²) in [7, 11) is 0. The molecule has 1 aliphatic carbocycles. The van der Waals surface area contributed by atoms with Crippen LogP contribution in [-0.4, -0.2) is 5.11 Å². The van der Waals surface area contributed by atoms with Crippen LogP contribution in [-0.2, 0) is 0 Å². The van der Waals surface area contributed by atoms with E-state index in [1.165, 1.54) is 32.1 Å². The van der Waals surface area contributed by atoms with Crippen molar-refractivity contribution in [1.29, 1.82) is 0 Å². The van der Waals surface area contributed by atoms with Gasteiger partial charge in [-0.1, -0.05) is 61.7 Å². The van der Waals surface area contributed by atoms with E-state index in [0.717, 1.165) is 5.56 Å². The average Bonchev–Trinajstić information content (AvgIpc) is 2.38. The second-order valence-corrected chi connectivity index (χ2v) is 4.64. The maximum atomic E-state index is 9.96. The van der Waals surface area contributed by atoms with Crippen molar-refractivity contribution in [2.24, 2.45) is 5.92 Å². The zero-order valence-electron chi connectivity index (χ0n) is 9.68. The van der Waals surface area contributed by atoms with E-state index in [0.29, 0.717) is 5.92 Å². The summed E-state index contributed by atoms with van der Waals surface area (Å²) in [4.78, 5) is 0. The van der Waals surface area contributed by atoms with Gasteiger partial charge >= 0.3 is 0 Å². The van der Waals surface area contributed by atoms with Gasteiger partial charge in [0.2, 0.25) is 0 Å². The highest BCUT2D eigenvalue weighted by molar-refractivity contribution is 5.21. The minimum absolute atomic E-state index is 0.442. The molecule has 16 heavy (non-hydrogen) atoms. The summed E-state index contributed by atoms with van der Waals surface area (Å²) < 4.78 is 0. The van der Waals surface area contributed by atoms with Crippen LogP contribution >= 0.6 is 0 Å². The van der Waals surface area contributed by atoms with Crippen molar-refractivity contribution >= 4 is 0 Å². The first kappa shape index (κ1) is 11.4. The number of hydrogen-bond acceptors (Lipinski definition) is 1. The Kier molecular flexibility index (Phi) is 4.17. The van der Waals surface area contributed by atoms with E-state index >= 15 is 0 Å². The summed E-state index contributed by atoms with van der Waals surface area (Å²) in [6.07, 6.45) is 10.4. The summed E-state index contributed by atoms with van der Waals surface area (Å²) in [5, 5.41) is 9.96. The molecule has 1 nitrogen and oxygen atoms in total. The van der Waals surface area contributed by atoms with Gasteiger partial charge in [-0.15, -0.1) is 0 Å². The zero-order valence-corrected chi connectivity index (χ0v) is 9.68. The third-order valence-corrected chi connectivity index (χ3v) is 3.36. The molecule has 1 heteroatoms. The van der Waals surface area contributed by atoms with Gasteiger partial charge in [-0.3, -0.25) is 0 Å². The lowest BCUT2D eigenvalue weighted by molar-refractivity contribution is 0.227. The highest BCUT2D eigenvalue weighted by Gasteiger charge is 2.10. The molecular formula is C15H20O. The van der Waals surface area contributed by atoms with Gasteiger partial charge < -0.3 is 5.11 Å². The first-order chi connectivity index (χ1) is 7.86. The summed E-state index contributed by atoms with van der Waals surface area (Å²) in [6.45, 7) is 0. The maximum Gasteiger partial charge on any atom is 0.0971 e. The van der Waals surface area contributed by atoms with Crippen LogP contribution in [0.3, 0.4) is 0 Å². The molecule has 1 fully saturated rings. The van der Waals surface area contributed by atoms with Crippen molar-refractivity contribution in [3.05, 3.63) is 48.0 Å². The van der Waals surface area contributed by atoms with Crippen LogP contribution in [0.1, 0.15) is 43.8 Å². The van der Waals surface area contributed by atoms with Gasteiger partial charge in [0.15, 0.2) is 0 Å². The van der Waals surface area contributed by atoms with Crippen LogP contribution in [0.2, 0.25) is 0 Å². The second-order valence-electron chi connectivity index (χ2n) is 4.64. The molecule has 0 heterocycles. The fourth-order valence-electron chi connectivity index (χ4n) is 2.35. The van der Waals surface area contributed by atoms with Gasteiger partial charge in [0.1, 0.15) is 0 Å². The van der Waals surface area contributed by atoms with E-state index in [1.807, 2.05) is 36.4 Å². The molecule has 1 atom stereocenters. The monoisotopic (exact) mass is 216 g/mol. The Morgan fingerprint density at radius 3 is 2.44 bits per heavy atom. The molecule has 0 bridgehead atoms. The fourth-order valence-corrected chi connectivity index (χ4v) is 2.35. The third kappa shape index (κ3) is 3.21. The van der Waals surface area contributed by atoms with Crippen molar-refractivity contribution in [2.75, 3.05) is 0 Å². The van der Waals surface area contributed by atoms with E-state index in [9.17, 15) is 5.11 Å². The molecule has 0 aromatic heterocycles. The van der Waals surface area contributed by atoms with E-state index < -0.39 is 6.10 Å². The molecule has 86 valence electrons. The lowest BCUT2D eigenvalue weighted by Gasteiger charge is -2.18. The Balaban J connectivity index is 1.91. The Hall–Kier alpha value is -1.08. The van der Waals surface area contributed by atoms with Gasteiger partial charge in [0, 0.05) is 0 Å². The largest absolute Gasteiger partial charge is 0.384 e. The van der Waals surface area contributed by atoms with Crippen molar-refractivity contribution in [3.63, 3.8) is 0 Å². The van der Waals surface area contributed by atoms with Gasteiger partial charge in [-0.25, -0.2) is 0 Å². The quantitative estimate of drug-likeness (QED) is 0.761. The number of aliphatic hydroxyl groups is 1. The Bertz CT molecular complexity index is 323. The van der Waals surface area contributed by atoms with Gasteiger partial charge in [0.05, 0.1) is 6.10 Å². The van der Waals surface area contributed by atoms with Crippen molar-refractivity contribution < 1.29 is 5.11 Å². The Morgan fingerprint density at radius 1 is 1.06 bits per heavy atom. The Labute approximate surface area is 97.8 Å². The van der Waals surface area contributed by atoms with Crippen molar-refractivity contribution in [1.82, 2.24) is 0 Å². The minimum Gasteiger partial charge on any atom is -0.384 e. The third-order valence-electron chi connectivity index (χ3n) is 3.36. The molecule has 0 unspecified atom stereocenters. The average molecular weight is 216 g/mol. The maximum absolute atomic E-state index is 9.96. The van der Waals surface area contributed by atoms with E-state index in [2.05, 4.69) is 6.08 Å². The standard InChI is InChI=1S/C15H20O/c16-15(14-9-5-2-6-10-14)12-11-13-7-3-1-4-8-13/h2,5-6,9-13,15-16H,1,3-4,7-8H2/b12-11+/t15-/m0/s1. The van der Waals surface area contributed by atoms with E-state index in [4.69, 9.17) is 0 Å². The van der Waals surface area contributed by atoms with Crippen LogP contribution in [0.25, 0.3) is 0 Å². The lowest BCUT2D eigenvalue weighted by atomic mass is 9.88. The molecule has 0 radical (unpaired) electrons. The first-order valence-electron chi connectivity index (χ1n) is 6.27. The highest BCUT2D eigenvalue weighted by Crippen LogP contribution is 2.25. The SMILES string of the molecule is O[C@@H](/C=C/C1CCCCC1)c1ccccc1. The molecule has 1 aliphatic rings. The van der Waals surface area contributed by atoms with Crippen LogP contribution < -0.4 is 0 Å². The van der Waals surface area contributed by atoms with Crippen LogP contribution in [0.5, 0.6) is 0 Å². The topological polar surface area (TPSA) is 20.2 Å². The first-order valence-corrected chi connectivity index (χ1v) is 6.27. The molecule has 1 aromatic rings. The molecule has 0 amide bonds. The molecule has 1 saturated carbocycles. The fraction of sp³-hybridized carbons (Fsp3) is 0.467. The molecule has 1 aromatic carbocycles. The predicted octanol–water partition coefficient (Wildman–Crippen LogP) is 3.86. The number of allylic oxidation sites excluding steroid dienone is 1. The minimum atomic E-state index is -0.442. The van der Waals surface area contributed by atoms with Crippen LogP contribution in [0, 0.1) is 5.92 Å². The number of benzene rings is 1. The molecule has 2 rings (SSSR count). The molecule has 0 aliphatic heterocycles.